The van der Waals surface area contributed by atoms with E-state index in [9.17, 15) is 4.79 Å². The van der Waals surface area contributed by atoms with Crippen molar-refractivity contribution in [3.8, 4) is 0 Å². The minimum atomic E-state index is -0.517. The van der Waals surface area contributed by atoms with E-state index in [4.69, 9.17) is 15.6 Å². The lowest BCUT2D eigenvalue weighted by molar-refractivity contribution is 0.0521. The van der Waals surface area contributed by atoms with E-state index in [1.165, 1.54) is 0 Å². The molecular formula is C8H19ClN2O3. The molecule has 0 radical (unpaired) electrons. The molecule has 0 aromatic rings. The highest BCUT2D eigenvalue weighted by Crippen LogP contribution is 2.05. The summed E-state index contributed by atoms with van der Waals surface area (Å²) in [6, 6.07) is -0.437. The number of rotatable bonds is 3. The van der Waals surface area contributed by atoms with Crippen molar-refractivity contribution in [2.45, 2.75) is 32.4 Å². The molecule has 5 nitrogen and oxygen atoms in total. The van der Waals surface area contributed by atoms with Crippen molar-refractivity contribution < 1.29 is 14.6 Å². The Balaban J connectivity index is 0. The summed E-state index contributed by atoms with van der Waals surface area (Å²) in [5.74, 6) is 0. The number of carbonyl (C=O) groups is 1. The van der Waals surface area contributed by atoms with E-state index in [0.717, 1.165) is 0 Å². The molecule has 0 heterocycles. The standard InChI is InChI=1S/C8H18N2O3.ClH/c1-8(2,3)13-7(12)10-4-6(9)5-11;/h6,11H,4-5,9H2,1-3H3,(H,10,12);1H/t6-;/m1./s1. The minimum absolute atomic E-state index is 0. The van der Waals surface area contributed by atoms with Gasteiger partial charge in [-0.3, -0.25) is 0 Å². The molecule has 0 aromatic carbocycles. The van der Waals surface area contributed by atoms with Crippen molar-refractivity contribution in [3.63, 3.8) is 0 Å². The van der Waals surface area contributed by atoms with Crippen LogP contribution in [0.1, 0.15) is 20.8 Å². The Morgan fingerprint density at radius 1 is 1.57 bits per heavy atom. The first-order valence-electron chi connectivity index (χ1n) is 4.18. The van der Waals surface area contributed by atoms with Crippen molar-refractivity contribution in [1.29, 1.82) is 0 Å². The summed E-state index contributed by atoms with van der Waals surface area (Å²) >= 11 is 0. The molecule has 6 heteroatoms. The first kappa shape index (κ1) is 15.9. The van der Waals surface area contributed by atoms with Gasteiger partial charge in [0.15, 0.2) is 0 Å². The molecule has 0 rings (SSSR count). The number of aliphatic hydroxyl groups excluding tert-OH is 1. The van der Waals surface area contributed by atoms with Gasteiger partial charge in [0, 0.05) is 12.6 Å². The first-order chi connectivity index (χ1) is 5.85. The maximum absolute atomic E-state index is 11.0. The third-order valence-electron chi connectivity index (χ3n) is 1.14. The summed E-state index contributed by atoms with van der Waals surface area (Å²) in [7, 11) is 0. The van der Waals surface area contributed by atoms with Crippen LogP contribution in [0.4, 0.5) is 4.79 Å². The summed E-state index contributed by atoms with van der Waals surface area (Å²) in [5.41, 5.74) is 4.86. The molecule has 4 N–H and O–H groups in total. The third-order valence-corrected chi connectivity index (χ3v) is 1.14. The Bertz CT molecular complexity index is 170. The van der Waals surface area contributed by atoms with E-state index in [1.807, 2.05) is 0 Å². The Morgan fingerprint density at radius 3 is 2.43 bits per heavy atom. The highest BCUT2D eigenvalue weighted by Gasteiger charge is 2.16. The summed E-state index contributed by atoms with van der Waals surface area (Å²) < 4.78 is 4.95. The number of halogens is 1. The summed E-state index contributed by atoms with van der Waals surface area (Å²) in [6.07, 6.45) is -0.517. The van der Waals surface area contributed by atoms with Crippen LogP contribution in [0, 0.1) is 0 Å². The van der Waals surface area contributed by atoms with Crippen LogP contribution in [-0.2, 0) is 4.74 Å². The van der Waals surface area contributed by atoms with Gasteiger partial charge in [-0.2, -0.15) is 0 Å². The molecular weight excluding hydrogens is 208 g/mol. The number of hydrogen-bond donors (Lipinski definition) is 3. The number of hydrogen-bond acceptors (Lipinski definition) is 4. The van der Waals surface area contributed by atoms with E-state index in [0.29, 0.717) is 0 Å². The molecule has 1 amide bonds. The van der Waals surface area contributed by atoms with Crippen LogP contribution in [0.25, 0.3) is 0 Å². The molecule has 0 unspecified atom stereocenters. The lowest BCUT2D eigenvalue weighted by atomic mass is 10.2. The first-order valence-corrected chi connectivity index (χ1v) is 4.18. The van der Waals surface area contributed by atoms with Gasteiger partial charge < -0.3 is 20.9 Å². The zero-order chi connectivity index (χ0) is 10.5. The van der Waals surface area contributed by atoms with E-state index < -0.39 is 17.7 Å². The van der Waals surface area contributed by atoms with Crippen molar-refractivity contribution >= 4 is 18.5 Å². The largest absolute Gasteiger partial charge is 0.444 e. The molecule has 0 saturated heterocycles. The monoisotopic (exact) mass is 226 g/mol. The fraction of sp³-hybridized carbons (Fsp3) is 0.875. The molecule has 0 saturated carbocycles. The number of carbonyl (C=O) groups excluding carboxylic acids is 1. The van der Waals surface area contributed by atoms with Gasteiger partial charge >= 0.3 is 6.09 Å². The predicted molar refractivity (Wildman–Crippen MR) is 56.5 cm³/mol. The number of aliphatic hydroxyl groups is 1. The maximum atomic E-state index is 11.0. The van der Waals surface area contributed by atoms with Gasteiger partial charge in [0.1, 0.15) is 5.60 Å². The molecule has 0 bridgehead atoms. The van der Waals surface area contributed by atoms with Crippen LogP contribution >= 0.6 is 12.4 Å². The van der Waals surface area contributed by atoms with E-state index in [2.05, 4.69) is 5.32 Å². The lowest BCUT2D eigenvalue weighted by Crippen LogP contribution is -2.41. The number of nitrogens with one attached hydrogen (secondary N) is 1. The van der Waals surface area contributed by atoms with Gasteiger partial charge in [0.25, 0.3) is 0 Å². The summed E-state index contributed by atoms with van der Waals surface area (Å²) in [6.45, 7) is 5.39. The summed E-state index contributed by atoms with van der Waals surface area (Å²) in [4.78, 5) is 11.0. The zero-order valence-corrected chi connectivity index (χ0v) is 9.56. The highest BCUT2D eigenvalue weighted by molar-refractivity contribution is 5.85. The Hall–Kier alpha value is -0.520. The van der Waals surface area contributed by atoms with Crippen molar-refractivity contribution in [2.24, 2.45) is 5.73 Å². The topological polar surface area (TPSA) is 84.6 Å². The molecule has 86 valence electrons. The molecule has 0 aliphatic carbocycles. The second kappa shape index (κ2) is 6.86. The van der Waals surface area contributed by atoms with Gasteiger partial charge in [-0.25, -0.2) is 4.79 Å². The van der Waals surface area contributed by atoms with E-state index >= 15 is 0 Å². The van der Waals surface area contributed by atoms with Gasteiger partial charge in [-0.05, 0) is 20.8 Å². The van der Waals surface area contributed by atoms with Crippen LogP contribution in [-0.4, -0.2) is 36.0 Å². The quantitative estimate of drug-likeness (QED) is 0.644. The average molecular weight is 227 g/mol. The Kier molecular flexibility index (Phi) is 7.81. The van der Waals surface area contributed by atoms with Crippen LogP contribution < -0.4 is 11.1 Å². The van der Waals surface area contributed by atoms with Crippen molar-refractivity contribution in [2.75, 3.05) is 13.2 Å². The minimum Gasteiger partial charge on any atom is -0.444 e. The van der Waals surface area contributed by atoms with E-state index in [1.54, 1.807) is 20.8 Å². The number of alkyl carbamates (subject to hydrolysis) is 1. The van der Waals surface area contributed by atoms with Gasteiger partial charge in [-0.1, -0.05) is 0 Å². The van der Waals surface area contributed by atoms with Crippen LogP contribution in [0.15, 0.2) is 0 Å². The molecule has 0 aromatic heterocycles. The van der Waals surface area contributed by atoms with Crippen molar-refractivity contribution in [3.05, 3.63) is 0 Å². The Labute approximate surface area is 90.4 Å². The molecule has 0 spiro atoms. The van der Waals surface area contributed by atoms with Crippen LogP contribution in [0.5, 0.6) is 0 Å². The van der Waals surface area contributed by atoms with E-state index in [-0.39, 0.29) is 25.6 Å². The Morgan fingerprint density at radius 2 is 2.07 bits per heavy atom. The number of nitrogens with two attached hydrogens (primary N) is 1. The maximum Gasteiger partial charge on any atom is 0.407 e. The third kappa shape index (κ3) is 9.57. The van der Waals surface area contributed by atoms with Gasteiger partial charge in [0.2, 0.25) is 0 Å². The predicted octanol–water partition coefficient (Wildman–Crippen LogP) is 0.253. The molecule has 0 aliphatic rings. The number of ether oxygens (including phenoxy) is 1. The smallest absolute Gasteiger partial charge is 0.407 e. The van der Waals surface area contributed by atoms with Gasteiger partial charge in [0.05, 0.1) is 6.61 Å². The van der Waals surface area contributed by atoms with Gasteiger partial charge in [-0.15, -0.1) is 12.4 Å². The summed E-state index contributed by atoms with van der Waals surface area (Å²) in [5, 5.41) is 11.0. The molecule has 0 aliphatic heterocycles. The molecule has 0 fully saturated rings. The fourth-order valence-corrected chi connectivity index (χ4v) is 0.593. The second-order valence-corrected chi connectivity index (χ2v) is 3.83. The zero-order valence-electron chi connectivity index (χ0n) is 8.74. The fourth-order valence-electron chi connectivity index (χ4n) is 0.593. The second-order valence-electron chi connectivity index (χ2n) is 3.83. The normalized spacial score (nSPS) is 12.6. The number of amides is 1. The van der Waals surface area contributed by atoms with Crippen molar-refractivity contribution in [1.82, 2.24) is 5.32 Å². The SMILES string of the molecule is CC(C)(C)OC(=O)NC[C@@H](N)CO.Cl. The highest BCUT2D eigenvalue weighted by atomic mass is 35.5. The van der Waals surface area contributed by atoms with Crippen LogP contribution in [0.2, 0.25) is 0 Å². The average Bonchev–Trinajstić information content (AvgIpc) is 1.97. The lowest BCUT2D eigenvalue weighted by Gasteiger charge is -2.20. The van der Waals surface area contributed by atoms with Crippen LogP contribution in [0.3, 0.4) is 0 Å². The molecule has 1 atom stereocenters. The molecule has 14 heavy (non-hydrogen) atoms.